The second kappa shape index (κ2) is 7.33. The predicted octanol–water partition coefficient (Wildman–Crippen LogP) is 2.46. The van der Waals surface area contributed by atoms with E-state index in [1.54, 1.807) is 10.9 Å². The second-order valence-electron chi connectivity index (χ2n) is 7.11. The van der Waals surface area contributed by atoms with Crippen LogP contribution in [0.5, 0.6) is 0 Å². The van der Waals surface area contributed by atoms with Gasteiger partial charge >= 0.3 is 0 Å². The van der Waals surface area contributed by atoms with Gasteiger partial charge in [-0.3, -0.25) is 4.68 Å². The Kier molecular flexibility index (Phi) is 4.96. The van der Waals surface area contributed by atoms with Crippen LogP contribution < -0.4 is 0 Å². The molecule has 0 aromatic carbocycles. The number of piperidine rings is 1. The van der Waals surface area contributed by atoms with Gasteiger partial charge in [0.05, 0.1) is 23.4 Å². The Morgan fingerprint density at radius 3 is 3.00 bits per heavy atom. The van der Waals surface area contributed by atoms with Crippen molar-refractivity contribution < 1.29 is 5.11 Å². The normalized spacial score (nSPS) is 23.1. The van der Waals surface area contributed by atoms with E-state index in [0.717, 1.165) is 19.6 Å². The number of aromatic nitrogens is 3. The molecular weight excluding hydrogens is 320 g/mol. The number of likely N-dealkylation sites (tertiary alicyclic amines) is 1. The first-order valence-corrected chi connectivity index (χ1v) is 9.96. The Hall–Kier alpha value is -1.24. The van der Waals surface area contributed by atoms with Gasteiger partial charge in [-0.1, -0.05) is 0 Å². The van der Waals surface area contributed by atoms with E-state index in [9.17, 15) is 5.11 Å². The molecule has 0 radical (unpaired) electrons. The van der Waals surface area contributed by atoms with Crippen LogP contribution >= 0.6 is 11.3 Å². The van der Waals surface area contributed by atoms with Crippen LogP contribution in [0.1, 0.15) is 47.2 Å². The van der Waals surface area contributed by atoms with E-state index in [1.165, 1.54) is 54.1 Å². The number of hydrogen-bond acceptors (Lipinski definition) is 5. The molecule has 2 aliphatic rings. The zero-order chi connectivity index (χ0) is 16.4. The molecule has 0 spiro atoms. The van der Waals surface area contributed by atoms with Gasteiger partial charge in [0.1, 0.15) is 0 Å². The van der Waals surface area contributed by atoms with Gasteiger partial charge in [0.15, 0.2) is 0 Å². The zero-order valence-corrected chi connectivity index (χ0v) is 14.9. The summed E-state index contributed by atoms with van der Waals surface area (Å²) in [4.78, 5) is 8.90. The first kappa shape index (κ1) is 16.2. The first-order chi connectivity index (χ1) is 11.8. The molecule has 0 saturated carbocycles. The number of aliphatic hydroxyl groups is 1. The second-order valence-corrected chi connectivity index (χ2v) is 8.22. The molecule has 4 rings (SSSR count). The minimum Gasteiger partial charge on any atom is -0.390 e. The summed E-state index contributed by atoms with van der Waals surface area (Å²) in [5, 5.41) is 15.9. The van der Waals surface area contributed by atoms with Crippen molar-refractivity contribution in [1.29, 1.82) is 0 Å². The Balaban J connectivity index is 1.36. The van der Waals surface area contributed by atoms with Crippen LogP contribution in [0.25, 0.3) is 0 Å². The van der Waals surface area contributed by atoms with Gasteiger partial charge in [-0.25, -0.2) is 4.98 Å². The van der Waals surface area contributed by atoms with E-state index < -0.39 is 0 Å². The number of thiazole rings is 1. The van der Waals surface area contributed by atoms with E-state index in [0.29, 0.717) is 12.5 Å². The van der Waals surface area contributed by atoms with Crippen LogP contribution in [-0.2, 0) is 19.4 Å². The Morgan fingerprint density at radius 2 is 2.17 bits per heavy atom. The molecule has 3 heterocycles. The highest BCUT2D eigenvalue weighted by Gasteiger charge is 2.27. The number of aryl methyl sites for hydroxylation is 2. The smallest absolute Gasteiger partial charge is 0.0974 e. The summed E-state index contributed by atoms with van der Waals surface area (Å²) < 4.78 is 1.81. The van der Waals surface area contributed by atoms with Crippen molar-refractivity contribution in [3.8, 4) is 0 Å². The molecule has 1 saturated heterocycles. The fraction of sp³-hybridized carbons (Fsp3) is 0.667. The molecule has 2 aromatic rings. The fourth-order valence-corrected chi connectivity index (χ4v) is 5.23. The summed E-state index contributed by atoms with van der Waals surface area (Å²) in [6.45, 7) is 3.40. The van der Waals surface area contributed by atoms with Gasteiger partial charge in [0.25, 0.3) is 0 Å². The standard InChI is InChI=1S/C18H26N4OS/c23-15(13-22-10-4-8-19-22)12-21-9-3-5-14(11-21)18-20-16-6-1-2-7-17(16)24-18/h4,8,10,14-15,23H,1-3,5-7,9,11-13H2. The summed E-state index contributed by atoms with van der Waals surface area (Å²) in [6, 6.07) is 1.90. The molecule has 5 nitrogen and oxygen atoms in total. The van der Waals surface area contributed by atoms with Crippen molar-refractivity contribution in [2.75, 3.05) is 19.6 Å². The SMILES string of the molecule is OC(CN1CCCC(c2nc3c(s2)CCCC3)C1)Cn1cccn1. The maximum absolute atomic E-state index is 10.3. The third-order valence-electron chi connectivity index (χ3n) is 5.14. The maximum Gasteiger partial charge on any atom is 0.0974 e. The monoisotopic (exact) mass is 346 g/mol. The highest BCUT2D eigenvalue weighted by molar-refractivity contribution is 7.11. The van der Waals surface area contributed by atoms with E-state index in [2.05, 4.69) is 10.00 Å². The molecule has 0 amide bonds. The minimum atomic E-state index is -0.367. The number of hydrogen-bond donors (Lipinski definition) is 1. The lowest BCUT2D eigenvalue weighted by molar-refractivity contribution is 0.0807. The van der Waals surface area contributed by atoms with E-state index in [1.807, 2.05) is 23.6 Å². The third kappa shape index (κ3) is 3.71. The molecule has 130 valence electrons. The van der Waals surface area contributed by atoms with Gasteiger partial charge in [0.2, 0.25) is 0 Å². The summed E-state index contributed by atoms with van der Waals surface area (Å²) in [5.41, 5.74) is 1.37. The molecule has 2 atom stereocenters. The predicted molar refractivity (Wildman–Crippen MR) is 95.4 cm³/mol. The number of β-amino-alcohol motifs (C(OH)–C–C–N with tert-alkyl or cyclic N) is 1. The van der Waals surface area contributed by atoms with E-state index in [4.69, 9.17) is 4.98 Å². The van der Waals surface area contributed by atoms with Crippen LogP contribution in [0, 0.1) is 0 Å². The average molecular weight is 347 g/mol. The topological polar surface area (TPSA) is 54.2 Å². The Morgan fingerprint density at radius 1 is 1.25 bits per heavy atom. The lowest BCUT2D eigenvalue weighted by Gasteiger charge is -2.33. The Bertz CT molecular complexity index is 631. The van der Waals surface area contributed by atoms with Crippen molar-refractivity contribution >= 4 is 11.3 Å². The number of aliphatic hydroxyl groups excluding tert-OH is 1. The van der Waals surface area contributed by atoms with Gasteiger partial charge in [0, 0.05) is 36.3 Å². The molecule has 1 N–H and O–H groups in total. The van der Waals surface area contributed by atoms with E-state index in [-0.39, 0.29) is 6.10 Å². The van der Waals surface area contributed by atoms with Crippen molar-refractivity contribution in [3.63, 3.8) is 0 Å². The molecule has 1 fully saturated rings. The van der Waals surface area contributed by atoms with Crippen molar-refractivity contribution in [2.45, 2.75) is 57.1 Å². The molecule has 1 aliphatic heterocycles. The van der Waals surface area contributed by atoms with Crippen molar-refractivity contribution in [2.24, 2.45) is 0 Å². The summed E-state index contributed by atoms with van der Waals surface area (Å²) in [5.74, 6) is 0.547. The number of fused-ring (bicyclic) bond motifs is 1. The largest absolute Gasteiger partial charge is 0.390 e. The highest BCUT2D eigenvalue weighted by Crippen LogP contribution is 2.34. The first-order valence-electron chi connectivity index (χ1n) is 9.14. The highest BCUT2D eigenvalue weighted by atomic mass is 32.1. The van der Waals surface area contributed by atoms with Crippen LogP contribution in [-0.4, -0.2) is 50.5 Å². The van der Waals surface area contributed by atoms with Crippen LogP contribution in [0.3, 0.4) is 0 Å². The molecule has 24 heavy (non-hydrogen) atoms. The third-order valence-corrected chi connectivity index (χ3v) is 6.46. The Labute approximate surface area is 147 Å². The molecule has 1 aliphatic carbocycles. The molecular formula is C18H26N4OS. The molecule has 2 aromatic heterocycles. The van der Waals surface area contributed by atoms with Crippen molar-refractivity contribution in [3.05, 3.63) is 34.0 Å². The molecule has 0 bridgehead atoms. The summed E-state index contributed by atoms with van der Waals surface area (Å²) >= 11 is 1.95. The van der Waals surface area contributed by atoms with Crippen LogP contribution in [0.4, 0.5) is 0 Å². The summed E-state index contributed by atoms with van der Waals surface area (Å²) in [6.07, 6.45) is 10.7. The van der Waals surface area contributed by atoms with Gasteiger partial charge in [-0.2, -0.15) is 5.10 Å². The molecule has 2 unspecified atom stereocenters. The van der Waals surface area contributed by atoms with Crippen LogP contribution in [0.2, 0.25) is 0 Å². The minimum absolute atomic E-state index is 0.367. The zero-order valence-electron chi connectivity index (χ0n) is 14.1. The maximum atomic E-state index is 10.3. The lowest BCUT2D eigenvalue weighted by Crippen LogP contribution is -2.40. The van der Waals surface area contributed by atoms with Crippen molar-refractivity contribution in [1.82, 2.24) is 19.7 Å². The van der Waals surface area contributed by atoms with Gasteiger partial charge in [-0.15, -0.1) is 11.3 Å². The summed E-state index contributed by atoms with van der Waals surface area (Å²) in [7, 11) is 0. The fourth-order valence-electron chi connectivity index (χ4n) is 3.95. The lowest BCUT2D eigenvalue weighted by atomic mass is 9.98. The van der Waals surface area contributed by atoms with Gasteiger partial charge in [-0.05, 0) is 51.1 Å². The van der Waals surface area contributed by atoms with Gasteiger partial charge < -0.3 is 10.0 Å². The van der Waals surface area contributed by atoms with E-state index >= 15 is 0 Å². The average Bonchev–Trinajstić information content (AvgIpc) is 3.24. The van der Waals surface area contributed by atoms with Crippen LogP contribution in [0.15, 0.2) is 18.5 Å². The number of nitrogens with zero attached hydrogens (tertiary/aromatic N) is 4. The number of rotatable bonds is 5. The molecule has 6 heteroatoms. The quantitative estimate of drug-likeness (QED) is 0.904.